The molecular weight excluding hydrogens is 226 g/mol. The van der Waals surface area contributed by atoms with E-state index >= 15 is 0 Å². The molecule has 1 fully saturated rings. The fourth-order valence-corrected chi connectivity index (χ4v) is 1.75. The van der Waals surface area contributed by atoms with Crippen molar-refractivity contribution in [3.8, 4) is 0 Å². The molecule has 17 heavy (non-hydrogen) atoms. The van der Waals surface area contributed by atoms with Crippen LogP contribution >= 0.6 is 0 Å². The summed E-state index contributed by atoms with van der Waals surface area (Å²) < 4.78 is 5.23. The van der Waals surface area contributed by atoms with Crippen LogP contribution in [-0.4, -0.2) is 59.4 Å². The zero-order valence-electron chi connectivity index (χ0n) is 10.1. The number of aliphatic hydroxyl groups is 1. The molecular formula is C11H19NO5. The molecule has 1 amide bonds. The van der Waals surface area contributed by atoms with E-state index < -0.39 is 17.8 Å². The molecule has 2 N–H and O–H groups in total. The van der Waals surface area contributed by atoms with Gasteiger partial charge in [-0.05, 0) is 0 Å². The third-order valence-corrected chi connectivity index (χ3v) is 3.18. The van der Waals surface area contributed by atoms with Crippen LogP contribution in [0.25, 0.3) is 0 Å². The first kappa shape index (κ1) is 13.9. The molecule has 0 aromatic heterocycles. The van der Waals surface area contributed by atoms with Gasteiger partial charge in [-0.25, -0.2) is 0 Å². The van der Waals surface area contributed by atoms with E-state index in [4.69, 9.17) is 14.9 Å². The zero-order valence-corrected chi connectivity index (χ0v) is 10.1. The van der Waals surface area contributed by atoms with Crippen molar-refractivity contribution in [3.05, 3.63) is 0 Å². The highest BCUT2D eigenvalue weighted by Crippen LogP contribution is 2.16. The molecule has 1 heterocycles. The van der Waals surface area contributed by atoms with Crippen LogP contribution < -0.4 is 0 Å². The fourth-order valence-electron chi connectivity index (χ4n) is 1.75. The molecule has 0 spiro atoms. The van der Waals surface area contributed by atoms with Gasteiger partial charge in [-0.3, -0.25) is 9.59 Å². The minimum atomic E-state index is -0.974. The molecule has 0 saturated carbocycles. The highest BCUT2D eigenvalue weighted by Gasteiger charge is 2.32. The van der Waals surface area contributed by atoms with Crippen LogP contribution in [0.15, 0.2) is 0 Å². The first-order valence-electron chi connectivity index (χ1n) is 5.71. The summed E-state index contributed by atoms with van der Waals surface area (Å²) in [6.45, 7) is 4.16. The summed E-state index contributed by atoms with van der Waals surface area (Å²) in [4.78, 5) is 24.4. The van der Waals surface area contributed by atoms with Crippen molar-refractivity contribution in [3.63, 3.8) is 0 Å². The topological polar surface area (TPSA) is 87.1 Å². The Bertz CT molecular complexity index is 294. The average Bonchev–Trinajstić information content (AvgIpc) is 2.36. The minimum Gasteiger partial charge on any atom is -0.481 e. The quantitative estimate of drug-likeness (QED) is 0.701. The summed E-state index contributed by atoms with van der Waals surface area (Å²) in [5.74, 6) is -2.44. The Kier molecular flexibility index (Phi) is 4.89. The van der Waals surface area contributed by atoms with Gasteiger partial charge in [0.1, 0.15) is 0 Å². The lowest BCUT2D eigenvalue weighted by molar-refractivity contribution is -0.153. The fraction of sp³-hybridized carbons (Fsp3) is 0.818. The largest absolute Gasteiger partial charge is 0.481 e. The number of amides is 1. The number of aliphatic carboxylic acids is 1. The van der Waals surface area contributed by atoms with Crippen molar-refractivity contribution in [2.45, 2.75) is 20.0 Å². The lowest BCUT2D eigenvalue weighted by atomic mass is 9.94. The summed E-state index contributed by atoms with van der Waals surface area (Å²) in [6.07, 6.45) is -0.361. The molecule has 1 saturated heterocycles. The van der Waals surface area contributed by atoms with Crippen LogP contribution in [0.1, 0.15) is 13.8 Å². The molecule has 0 aromatic rings. The van der Waals surface area contributed by atoms with Gasteiger partial charge in [0.2, 0.25) is 5.91 Å². The van der Waals surface area contributed by atoms with Crippen molar-refractivity contribution in [2.75, 3.05) is 26.3 Å². The second-order valence-corrected chi connectivity index (χ2v) is 4.38. The monoisotopic (exact) mass is 245 g/mol. The van der Waals surface area contributed by atoms with E-state index in [2.05, 4.69) is 0 Å². The lowest BCUT2D eigenvalue weighted by Gasteiger charge is -2.34. The Labute approximate surface area is 100 Å². The summed E-state index contributed by atoms with van der Waals surface area (Å²) in [5, 5.41) is 17.8. The van der Waals surface area contributed by atoms with Crippen LogP contribution in [0.3, 0.4) is 0 Å². The highest BCUT2D eigenvalue weighted by atomic mass is 16.5. The predicted octanol–water partition coefficient (Wildman–Crippen LogP) is -0.437. The number of carboxylic acid groups (broad SMARTS) is 1. The molecule has 98 valence electrons. The average molecular weight is 245 g/mol. The molecule has 3 atom stereocenters. The van der Waals surface area contributed by atoms with E-state index in [0.717, 1.165) is 0 Å². The van der Waals surface area contributed by atoms with Gasteiger partial charge in [-0.15, -0.1) is 0 Å². The molecule has 3 unspecified atom stereocenters. The maximum Gasteiger partial charge on any atom is 0.307 e. The minimum absolute atomic E-state index is 0.132. The third kappa shape index (κ3) is 3.41. The second kappa shape index (κ2) is 5.97. The number of rotatable bonds is 4. The highest BCUT2D eigenvalue weighted by molar-refractivity contribution is 5.84. The number of carbonyl (C=O) groups is 2. The third-order valence-electron chi connectivity index (χ3n) is 3.18. The zero-order chi connectivity index (χ0) is 13.0. The number of nitrogens with zero attached hydrogens (tertiary/aromatic N) is 1. The predicted molar refractivity (Wildman–Crippen MR) is 59.4 cm³/mol. The molecule has 6 nitrogen and oxygen atoms in total. The number of aliphatic hydroxyl groups excluding tert-OH is 1. The van der Waals surface area contributed by atoms with Crippen molar-refractivity contribution >= 4 is 11.9 Å². The van der Waals surface area contributed by atoms with Crippen LogP contribution in [0.5, 0.6) is 0 Å². The molecule has 0 radical (unpaired) electrons. The van der Waals surface area contributed by atoms with E-state index in [1.807, 2.05) is 0 Å². The SMILES string of the molecule is CC(C(=O)O)C(C)C(=O)N1CCOC(CO)C1. The molecule has 1 rings (SSSR count). The van der Waals surface area contributed by atoms with Crippen LogP contribution in [-0.2, 0) is 14.3 Å². The van der Waals surface area contributed by atoms with Gasteiger partial charge >= 0.3 is 5.97 Å². The van der Waals surface area contributed by atoms with Gasteiger partial charge in [0.15, 0.2) is 0 Å². The number of ether oxygens (including phenoxy) is 1. The van der Waals surface area contributed by atoms with Crippen LogP contribution in [0.4, 0.5) is 0 Å². The molecule has 0 bridgehead atoms. The Balaban J connectivity index is 2.59. The van der Waals surface area contributed by atoms with Crippen molar-refractivity contribution in [1.29, 1.82) is 0 Å². The first-order valence-corrected chi connectivity index (χ1v) is 5.71. The van der Waals surface area contributed by atoms with Gasteiger partial charge in [0.05, 0.1) is 25.2 Å². The van der Waals surface area contributed by atoms with Gasteiger partial charge in [0.25, 0.3) is 0 Å². The Hall–Kier alpha value is -1.14. The second-order valence-electron chi connectivity index (χ2n) is 4.38. The van der Waals surface area contributed by atoms with Crippen LogP contribution in [0, 0.1) is 11.8 Å². The first-order chi connectivity index (χ1) is 7.97. The van der Waals surface area contributed by atoms with Gasteiger partial charge < -0.3 is 19.8 Å². The van der Waals surface area contributed by atoms with Crippen molar-refractivity contribution in [1.82, 2.24) is 4.90 Å². The summed E-state index contributed by atoms with van der Waals surface area (Å²) in [7, 11) is 0. The van der Waals surface area contributed by atoms with Gasteiger partial charge in [-0.1, -0.05) is 13.8 Å². The molecule has 1 aliphatic rings. The normalized spacial score (nSPS) is 24.2. The van der Waals surface area contributed by atoms with Crippen LogP contribution in [0.2, 0.25) is 0 Å². The Morgan fingerprint density at radius 2 is 2.06 bits per heavy atom. The van der Waals surface area contributed by atoms with E-state index in [9.17, 15) is 9.59 Å². The van der Waals surface area contributed by atoms with E-state index in [1.54, 1.807) is 11.8 Å². The number of morpholine rings is 1. The Morgan fingerprint density at radius 3 is 2.59 bits per heavy atom. The maximum atomic E-state index is 12.0. The van der Waals surface area contributed by atoms with E-state index in [1.165, 1.54) is 6.92 Å². The number of hydrogen-bond acceptors (Lipinski definition) is 4. The molecule has 0 aliphatic carbocycles. The molecule has 6 heteroatoms. The van der Waals surface area contributed by atoms with Crippen molar-refractivity contribution < 1.29 is 24.5 Å². The number of hydrogen-bond donors (Lipinski definition) is 2. The summed E-state index contributed by atoms with van der Waals surface area (Å²) >= 11 is 0. The standard InChI is InChI=1S/C11H19NO5/c1-7(8(2)11(15)16)10(14)12-3-4-17-9(5-12)6-13/h7-9,13H,3-6H2,1-2H3,(H,15,16). The van der Waals surface area contributed by atoms with Gasteiger partial charge in [-0.2, -0.15) is 0 Å². The Morgan fingerprint density at radius 1 is 1.41 bits per heavy atom. The lowest BCUT2D eigenvalue weighted by Crippen LogP contribution is -2.49. The smallest absolute Gasteiger partial charge is 0.307 e. The maximum absolute atomic E-state index is 12.0. The molecule has 1 aliphatic heterocycles. The van der Waals surface area contributed by atoms with Gasteiger partial charge in [0, 0.05) is 19.0 Å². The van der Waals surface area contributed by atoms with E-state index in [0.29, 0.717) is 19.7 Å². The summed E-state index contributed by atoms with van der Waals surface area (Å²) in [6, 6.07) is 0. The number of carbonyl (C=O) groups excluding carboxylic acids is 1. The van der Waals surface area contributed by atoms with Crippen molar-refractivity contribution in [2.24, 2.45) is 11.8 Å². The summed E-state index contributed by atoms with van der Waals surface area (Å²) in [5.41, 5.74) is 0. The van der Waals surface area contributed by atoms with E-state index in [-0.39, 0.29) is 18.6 Å². The molecule has 0 aromatic carbocycles. The number of carboxylic acids is 1.